The molecule has 0 N–H and O–H groups in total. The van der Waals surface area contributed by atoms with Gasteiger partial charge in [0.2, 0.25) is 0 Å². The van der Waals surface area contributed by atoms with Crippen molar-refractivity contribution in [2.24, 2.45) is 4.99 Å². The molecule has 0 saturated heterocycles. The summed E-state index contributed by atoms with van der Waals surface area (Å²) in [5, 5.41) is 0. The molecule has 0 spiro atoms. The van der Waals surface area contributed by atoms with E-state index in [1.807, 2.05) is 0 Å². The second-order valence-corrected chi connectivity index (χ2v) is 4.48. The number of rotatable bonds is 7. The Kier molecular flexibility index (Phi) is 6.78. The summed E-state index contributed by atoms with van der Waals surface area (Å²) < 4.78 is 48.8. The molecule has 9 heteroatoms. The van der Waals surface area contributed by atoms with Gasteiger partial charge >= 0.3 is 12.1 Å². The molecule has 0 aliphatic heterocycles. The maximum atomic E-state index is 13.2. The Labute approximate surface area is 135 Å². The Morgan fingerprint density at radius 3 is 2.38 bits per heavy atom. The van der Waals surface area contributed by atoms with Gasteiger partial charge in [-0.15, -0.1) is 0 Å². The van der Waals surface area contributed by atoms with Crippen LogP contribution in [-0.4, -0.2) is 45.1 Å². The number of methoxy groups -OCH3 is 2. The van der Waals surface area contributed by atoms with Gasteiger partial charge in [-0.25, -0.2) is 4.79 Å². The van der Waals surface area contributed by atoms with Crippen LogP contribution in [0.15, 0.2) is 17.1 Å². The van der Waals surface area contributed by atoms with Crippen molar-refractivity contribution in [3.63, 3.8) is 0 Å². The van der Waals surface area contributed by atoms with Crippen molar-refractivity contribution in [3.8, 4) is 0 Å². The van der Waals surface area contributed by atoms with Gasteiger partial charge in [-0.3, -0.25) is 14.6 Å². The third-order valence-corrected chi connectivity index (χ3v) is 2.95. The summed E-state index contributed by atoms with van der Waals surface area (Å²) in [6.45, 7) is -0.0747. The number of carbonyl (C=O) groups excluding carboxylic acids is 3. The third kappa shape index (κ3) is 4.72. The van der Waals surface area contributed by atoms with E-state index in [0.29, 0.717) is 12.3 Å². The van der Waals surface area contributed by atoms with Crippen molar-refractivity contribution in [1.29, 1.82) is 0 Å². The van der Waals surface area contributed by atoms with Gasteiger partial charge in [0.05, 0.1) is 36.7 Å². The summed E-state index contributed by atoms with van der Waals surface area (Å²) in [6, 6.07) is 1.30. The first-order valence-electron chi connectivity index (χ1n) is 6.59. The van der Waals surface area contributed by atoms with E-state index in [1.54, 1.807) is 0 Å². The molecular formula is C15H14F3NO5. The molecule has 130 valence electrons. The number of nitrogens with zero attached hydrogens (tertiary/aromatic N) is 1. The zero-order valence-electron chi connectivity index (χ0n) is 12.8. The standard InChI is InChI=1S/C15H14F3NO5/c1-23-6-3-13(21)9-7-10(14(22)24-2)12(19-4-5-20)8-11(9)15(16,17)18/h4-5,7-8H,3,6H2,1-2H3. The quantitative estimate of drug-likeness (QED) is 0.328. The molecule has 1 aromatic carbocycles. The predicted molar refractivity (Wildman–Crippen MR) is 77.8 cm³/mol. The number of halogens is 3. The molecule has 1 aromatic rings. The number of aliphatic imine (C=N–C) groups is 1. The number of carbonyl (C=O) groups is 3. The van der Waals surface area contributed by atoms with Crippen molar-refractivity contribution in [3.05, 3.63) is 28.8 Å². The SMILES string of the molecule is COCCC(=O)c1cc(C(=O)OC)c(N=CC=O)cc1C(F)(F)F. The van der Waals surface area contributed by atoms with Crippen LogP contribution >= 0.6 is 0 Å². The lowest BCUT2D eigenvalue weighted by Crippen LogP contribution is -2.16. The fourth-order valence-electron chi connectivity index (χ4n) is 1.87. The van der Waals surface area contributed by atoms with E-state index in [1.165, 1.54) is 7.11 Å². The summed E-state index contributed by atoms with van der Waals surface area (Å²) in [7, 11) is 2.33. The number of ketones is 1. The van der Waals surface area contributed by atoms with E-state index in [0.717, 1.165) is 13.2 Å². The zero-order valence-corrected chi connectivity index (χ0v) is 12.8. The fourth-order valence-corrected chi connectivity index (χ4v) is 1.87. The second-order valence-electron chi connectivity index (χ2n) is 4.48. The molecule has 6 nitrogen and oxygen atoms in total. The molecule has 0 radical (unpaired) electrons. The van der Waals surface area contributed by atoms with Crippen LogP contribution in [0.4, 0.5) is 18.9 Å². The maximum absolute atomic E-state index is 13.2. The van der Waals surface area contributed by atoms with Crippen LogP contribution in [-0.2, 0) is 20.4 Å². The topological polar surface area (TPSA) is 82.0 Å². The predicted octanol–water partition coefficient (Wildman–Crippen LogP) is 2.61. The highest BCUT2D eigenvalue weighted by Crippen LogP contribution is 2.37. The van der Waals surface area contributed by atoms with Gasteiger partial charge in [0.15, 0.2) is 12.1 Å². The van der Waals surface area contributed by atoms with E-state index in [-0.39, 0.29) is 24.9 Å². The second kappa shape index (κ2) is 8.34. The number of hydrogen-bond donors (Lipinski definition) is 0. The van der Waals surface area contributed by atoms with Gasteiger partial charge < -0.3 is 9.47 Å². The molecule has 0 bridgehead atoms. The van der Waals surface area contributed by atoms with Gasteiger partial charge in [0.1, 0.15) is 0 Å². The number of Topliss-reactive ketones (excluding diaryl/α,β-unsaturated/α-hetero) is 1. The first-order chi connectivity index (χ1) is 11.3. The first-order valence-corrected chi connectivity index (χ1v) is 6.59. The van der Waals surface area contributed by atoms with Gasteiger partial charge in [0, 0.05) is 19.1 Å². The third-order valence-electron chi connectivity index (χ3n) is 2.95. The summed E-state index contributed by atoms with van der Waals surface area (Å²) in [5.41, 5.74) is -2.73. The molecule has 24 heavy (non-hydrogen) atoms. The number of esters is 1. The van der Waals surface area contributed by atoms with Crippen LogP contribution in [0, 0.1) is 0 Å². The van der Waals surface area contributed by atoms with E-state index in [9.17, 15) is 27.6 Å². The minimum atomic E-state index is -4.85. The molecule has 0 heterocycles. The molecule has 0 atom stereocenters. The number of ether oxygens (including phenoxy) is 2. The number of hydrogen-bond acceptors (Lipinski definition) is 6. The Morgan fingerprint density at radius 1 is 1.21 bits per heavy atom. The minimum Gasteiger partial charge on any atom is -0.465 e. The Morgan fingerprint density at radius 2 is 1.88 bits per heavy atom. The summed E-state index contributed by atoms with van der Waals surface area (Å²) >= 11 is 0. The van der Waals surface area contributed by atoms with Crippen molar-refractivity contribution >= 4 is 29.9 Å². The molecule has 0 aromatic heterocycles. The molecule has 0 aliphatic rings. The maximum Gasteiger partial charge on any atom is 0.417 e. The molecule has 0 saturated carbocycles. The molecular weight excluding hydrogens is 331 g/mol. The van der Waals surface area contributed by atoms with E-state index >= 15 is 0 Å². The molecule has 1 rings (SSSR count). The highest BCUT2D eigenvalue weighted by molar-refractivity contribution is 6.14. The highest BCUT2D eigenvalue weighted by Gasteiger charge is 2.36. The largest absolute Gasteiger partial charge is 0.465 e. The minimum absolute atomic E-state index is 0.0747. The van der Waals surface area contributed by atoms with Gasteiger partial charge in [0.25, 0.3) is 0 Å². The summed E-state index contributed by atoms with van der Waals surface area (Å²) in [4.78, 5) is 37.6. The normalized spacial score (nSPS) is 11.5. The van der Waals surface area contributed by atoms with Crippen LogP contribution in [0.25, 0.3) is 0 Å². The lowest BCUT2D eigenvalue weighted by atomic mass is 9.97. The average Bonchev–Trinajstić information content (AvgIpc) is 2.55. The van der Waals surface area contributed by atoms with E-state index in [2.05, 4.69) is 14.5 Å². The molecule has 0 fully saturated rings. The molecule has 0 amide bonds. The van der Waals surface area contributed by atoms with E-state index in [4.69, 9.17) is 0 Å². The molecule has 0 unspecified atom stereocenters. The Bertz CT molecular complexity index is 668. The monoisotopic (exact) mass is 345 g/mol. The number of benzene rings is 1. The van der Waals surface area contributed by atoms with E-state index < -0.39 is 34.7 Å². The smallest absolute Gasteiger partial charge is 0.417 e. The van der Waals surface area contributed by atoms with Crippen molar-refractivity contribution in [1.82, 2.24) is 0 Å². The van der Waals surface area contributed by atoms with Crippen molar-refractivity contribution in [2.75, 3.05) is 20.8 Å². The summed E-state index contributed by atoms with van der Waals surface area (Å²) in [6.07, 6.45) is -4.21. The summed E-state index contributed by atoms with van der Waals surface area (Å²) in [5.74, 6) is -1.83. The van der Waals surface area contributed by atoms with Crippen molar-refractivity contribution in [2.45, 2.75) is 12.6 Å². The van der Waals surface area contributed by atoms with Crippen molar-refractivity contribution < 1.29 is 37.0 Å². The van der Waals surface area contributed by atoms with Gasteiger partial charge in [-0.2, -0.15) is 13.2 Å². The number of alkyl halides is 3. The lowest BCUT2D eigenvalue weighted by molar-refractivity contribution is -0.137. The Balaban J connectivity index is 3.60. The van der Waals surface area contributed by atoms with Crippen LogP contribution in [0.5, 0.6) is 0 Å². The average molecular weight is 345 g/mol. The Hall–Kier alpha value is -2.55. The highest BCUT2D eigenvalue weighted by atomic mass is 19.4. The van der Waals surface area contributed by atoms with Crippen LogP contribution in [0.2, 0.25) is 0 Å². The first kappa shape index (κ1) is 19.5. The number of aldehydes is 1. The van der Waals surface area contributed by atoms with Gasteiger partial charge in [-0.1, -0.05) is 0 Å². The van der Waals surface area contributed by atoms with Crippen LogP contribution in [0.1, 0.15) is 32.7 Å². The van der Waals surface area contributed by atoms with Gasteiger partial charge in [-0.05, 0) is 12.1 Å². The lowest BCUT2D eigenvalue weighted by Gasteiger charge is -2.15. The fraction of sp³-hybridized carbons (Fsp3) is 0.333. The zero-order chi connectivity index (χ0) is 18.3. The molecule has 0 aliphatic carbocycles. The van der Waals surface area contributed by atoms with Crippen LogP contribution < -0.4 is 0 Å². The van der Waals surface area contributed by atoms with Crippen LogP contribution in [0.3, 0.4) is 0 Å².